The number of hydrogen-bond acceptors (Lipinski definition) is 4. The Morgan fingerprint density at radius 1 is 1.09 bits per heavy atom. The van der Waals surface area contributed by atoms with Crippen LogP contribution in [0.1, 0.15) is 29.9 Å². The second-order valence-corrected chi connectivity index (χ2v) is 8.17. The highest BCUT2D eigenvalue weighted by Crippen LogP contribution is 2.44. The largest absolute Gasteiger partial charge is 0.481 e. The monoisotopic (exact) mass is 434 g/mol. The average Bonchev–Trinajstić information content (AvgIpc) is 3.07. The van der Waals surface area contributed by atoms with E-state index in [4.69, 9.17) is 9.84 Å². The van der Waals surface area contributed by atoms with Crippen molar-refractivity contribution in [2.24, 2.45) is 5.92 Å². The highest BCUT2D eigenvalue weighted by atomic mass is 16.5. The van der Waals surface area contributed by atoms with Crippen LogP contribution in [0, 0.1) is 5.92 Å². The van der Waals surface area contributed by atoms with Crippen LogP contribution in [0.3, 0.4) is 0 Å². The van der Waals surface area contributed by atoms with Gasteiger partial charge in [-0.3, -0.25) is 9.59 Å². The Morgan fingerprint density at radius 3 is 2.25 bits per heavy atom. The lowest BCUT2D eigenvalue weighted by Gasteiger charge is -2.38. The normalized spacial score (nSPS) is 15.8. The molecule has 1 aliphatic carbocycles. The Hall–Kier alpha value is -3.61. The summed E-state index contributed by atoms with van der Waals surface area (Å²) in [6, 6.07) is 15.4. The second kappa shape index (κ2) is 9.26. The molecule has 1 heterocycles. The highest BCUT2D eigenvalue weighted by Gasteiger charge is 2.38. The number of carboxylic acid groups (broad SMARTS) is 1. The van der Waals surface area contributed by atoms with Gasteiger partial charge in [0.2, 0.25) is 5.91 Å². The van der Waals surface area contributed by atoms with Gasteiger partial charge in [-0.25, -0.2) is 4.79 Å². The van der Waals surface area contributed by atoms with Gasteiger partial charge in [0.05, 0.1) is 5.92 Å². The van der Waals surface area contributed by atoms with E-state index in [0.717, 1.165) is 22.3 Å². The maximum Gasteiger partial charge on any atom is 0.407 e. The minimum Gasteiger partial charge on any atom is -0.481 e. The number of allylic oxidation sites excluding steroid dienone is 1. The molecule has 1 aliphatic heterocycles. The van der Waals surface area contributed by atoms with Crippen LogP contribution in [0.25, 0.3) is 11.1 Å². The molecule has 0 spiro atoms. The summed E-state index contributed by atoms with van der Waals surface area (Å²) < 4.78 is 5.55. The lowest BCUT2D eigenvalue weighted by Crippen LogP contribution is -2.58. The van der Waals surface area contributed by atoms with Crippen LogP contribution in [-0.2, 0) is 14.3 Å². The predicted molar refractivity (Wildman–Crippen MR) is 119 cm³/mol. The smallest absolute Gasteiger partial charge is 0.407 e. The van der Waals surface area contributed by atoms with Gasteiger partial charge in [0, 0.05) is 19.0 Å². The van der Waals surface area contributed by atoms with Gasteiger partial charge in [0.25, 0.3) is 0 Å². The number of nitrogens with zero attached hydrogens (tertiary/aromatic N) is 1. The van der Waals surface area contributed by atoms with Gasteiger partial charge in [-0.1, -0.05) is 54.6 Å². The fraction of sp³-hybridized carbons (Fsp3) is 0.320. The van der Waals surface area contributed by atoms with Crippen LogP contribution >= 0.6 is 0 Å². The molecule has 4 rings (SSSR count). The maximum atomic E-state index is 12.8. The standard InChI is InChI=1S/C25H26N2O5/c1-2-3-12-22(23(28)27-13-16(14-27)24(29)30)26-25(31)32-15-21-19-10-6-4-8-17(19)18-9-5-7-11-20(18)21/h2,4-11,16,21-22H,1,3,12-15H2,(H,26,31)(H,29,30). The molecule has 1 saturated heterocycles. The van der Waals surface area contributed by atoms with E-state index in [1.54, 1.807) is 6.08 Å². The van der Waals surface area contributed by atoms with Crippen molar-refractivity contribution in [3.8, 4) is 11.1 Å². The SMILES string of the molecule is C=CCCC(NC(=O)OCC1c2ccccc2-c2ccccc21)C(=O)N1CC(C(=O)O)C1. The molecule has 2 aromatic carbocycles. The molecule has 0 radical (unpaired) electrons. The molecular weight excluding hydrogens is 408 g/mol. The van der Waals surface area contributed by atoms with Gasteiger partial charge in [0.1, 0.15) is 12.6 Å². The number of ether oxygens (including phenoxy) is 1. The van der Waals surface area contributed by atoms with Crippen molar-refractivity contribution in [3.05, 3.63) is 72.3 Å². The Kier molecular flexibility index (Phi) is 6.25. The van der Waals surface area contributed by atoms with Crippen molar-refractivity contribution in [1.29, 1.82) is 0 Å². The number of aliphatic carboxylic acids is 1. The quantitative estimate of drug-likeness (QED) is 0.621. The molecule has 166 valence electrons. The Labute approximate surface area is 186 Å². The number of nitrogens with one attached hydrogen (secondary N) is 1. The van der Waals surface area contributed by atoms with E-state index in [-0.39, 0.29) is 31.5 Å². The van der Waals surface area contributed by atoms with Gasteiger partial charge in [-0.2, -0.15) is 0 Å². The molecule has 0 saturated carbocycles. The number of carbonyl (C=O) groups excluding carboxylic acids is 2. The Balaban J connectivity index is 1.39. The first-order chi connectivity index (χ1) is 15.5. The molecule has 0 aromatic heterocycles. The number of rotatable bonds is 8. The molecule has 2 N–H and O–H groups in total. The van der Waals surface area contributed by atoms with E-state index in [2.05, 4.69) is 24.0 Å². The molecule has 2 amide bonds. The zero-order valence-corrected chi connectivity index (χ0v) is 17.7. The van der Waals surface area contributed by atoms with E-state index in [1.807, 2.05) is 36.4 Å². The van der Waals surface area contributed by atoms with Crippen LogP contribution < -0.4 is 5.32 Å². The van der Waals surface area contributed by atoms with Gasteiger partial charge in [0.15, 0.2) is 0 Å². The number of fused-ring (bicyclic) bond motifs is 3. The summed E-state index contributed by atoms with van der Waals surface area (Å²) in [6.45, 7) is 4.15. The van der Waals surface area contributed by atoms with E-state index in [0.29, 0.717) is 12.8 Å². The van der Waals surface area contributed by atoms with E-state index < -0.39 is 24.0 Å². The molecular formula is C25H26N2O5. The van der Waals surface area contributed by atoms with Crippen molar-refractivity contribution in [2.45, 2.75) is 24.8 Å². The molecule has 0 bridgehead atoms. The molecule has 32 heavy (non-hydrogen) atoms. The van der Waals surface area contributed by atoms with E-state index in [9.17, 15) is 14.4 Å². The van der Waals surface area contributed by atoms with Crippen LogP contribution in [0.5, 0.6) is 0 Å². The van der Waals surface area contributed by atoms with Gasteiger partial charge >= 0.3 is 12.1 Å². The van der Waals surface area contributed by atoms with Crippen molar-refractivity contribution in [2.75, 3.05) is 19.7 Å². The van der Waals surface area contributed by atoms with Crippen molar-refractivity contribution >= 4 is 18.0 Å². The lowest BCUT2D eigenvalue weighted by molar-refractivity contribution is -0.153. The minimum absolute atomic E-state index is 0.0674. The number of carboxylic acids is 1. The third kappa shape index (κ3) is 4.23. The zero-order valence-electron chi connectivity index (χ0n) is 17.7. The van der Waals surface area contributed by atoms with Gasteiger partial charge in [-0.05, 0) is 35.1 Å². The summed E-state index contributed by atoms with van der Waals surface area (Å²) in [5.41, 5.74) is 4.51. The fourth-order valence-electron chi connectivity index (χ4n) is 4.36. The minimum atomic E-state index is -0.916. The second-order valence-electron chi connectivity index (χ2n) is 8.17. The average molecular weight is 434 g/mol. The third-order valence-electron chi connectivity index (χ3n) is 6.14. The number of alkyl carbamates (subject to hydrolysis) is 1. The summed E-state index contributed by atoms with van der Waals surface area (Å²) >= 11 is 0. The summed E-state index contributed by atoms with van der Waals surface area (Å²) in [6.07, 6.45) is 1.93. The highest BCUT2D eigenvalue weighted by molar-refractivity contribution is 5.88. The van der Waals surface area contributed by atoms with Gasteiger partial charge < -0.3 is 20.1 Å². The molecule has 7 nitrogen and oxygen atoms in total. The number of amides is 2. The molecule has 2 aromatic rings. The first-order valence-corrected chi connectivity index (χ1v) is 10.7. The predicted octanol–water partition coefficient (Wildman–Crippen LogP) is 3.40. The summed E-state index contributed by atoms with van der Waals surface area (Å²) in [5.74, 6) is -1.82. The van der Waals surface area contributed by atoms with Crippen LogP contribution in [0.2, 0.25) is 0 Å². The van der Waals surface area contributed by atoms with Gasteiger partial charge in [-0.15, -0.1) is 6.58 Å². The first kappa shape index (κ1) is 21.6. The first-order valence-electron chi connectivity index (χ1n) is 10.7. The topological polar surface area (TPSA) is 95.9 Å². The number of likely N-dealkylation sites (tertiary alicyclic amines) is 1. The number of carbonyl (C=O) groups is 3. The van der Waals surface area contributed by atoms with Crippen LogP contribution in [0.15, 0.2) is 61.2 Å². The summed E-state index contributed by atoms with van der Waals surface area (Å²) in [5, 5.41) is 11.7. The van der Waals surface area contributed by atoms with Crippen molar-refractivity contribution < 1.29 is 24.2 Å². The molecule has 2 aliphatic rings. The van der Waals surface area contributed by atoms with Crippen molar-refractivity contribution in [3.63, 3.8) is 0 Å². The Morgan fingerprint density at radius 2 is 1.69 bits per heavy atom. The maximum absolute atomic E-state index is 12.8. The van der Waals surface area contributed by atoms with E-state index >= 15 is 0 Å². The summed E-state index contributed by atoms with van der Waals surface area (Å²) in [7, 11) is 0. The lowest BCUT2D eigenvalue weighted by atomic mass is 9.98. The summed E-state index contributed by atoms with van der Waals surface area (Å²) in [4.78, 5) is 37.8. The fourth-order valence-corrected chi connectivity index (χ4v) is 4.36. The number of benzene rings is 2. The van der Waals surface area contributed by atoms with Crippen molar-refractivity contribution in [1.82, 2.24) is 10.2 Å². The van der Waals surface area contributed by atoms with Crippen LogP contribution in [0.4, 0.5) is 4.79 Å². The Bertz CT molecular complexity index is 999. The zero-order chi connectivity index (χ0) is 22.7. The third-order valence-corrected chi connectivity index (χ3v) is 6.14. The number of hydrogen-bond donors (Lipinski definition) is 2. The molecule has 7 heteroatoms. The molecule has 1 fully saturated rings. The molecule has 1 unspecified atom stereocenters. The molecule has 1 atom stereocenters. The van der Waals surface area contributed by atoms with E-state index in [1.165, 1.54) is 4.90 Å². The van der Waals surface area contributed by atoms with Crippen LogP contribution in [-0.4, -0.2) is 53.7 Å².